The minimum absolute atomic E-state index is 0.101. The zero-order valence-electron chi connectivity index (χ0n) is 16.8. The largest absolute Gasteiger partial charge is 0.497 e. The number of fused-ring (bicyclic) bond motifs is 2. The zero-order valence-corrected chi connectivity index (χ0v) is 16.8. The van der Waals surface area contributed by atoms with Crippen LogP contribution in [0.2, 0.25) is 0 Å². The molecule has 2 aromatic heterocycles. The van der Waals surface area contributed by atoms with Crippen LogP contribution in [-0.2, 0) is 0 Å². The summed E-state index contributed by atoms with van der Waals surface area (Å²) >= 11 is 0. The molecule has 0 saturated heterocycles. The summed E-state index contributed by atoms with van der Waals surface area (Å²) < 4.78 is 5.35. The molecule has 5 nitrogen and oxygen atoms in total. The lowest BCUT2D eigenvalue weighted by Gasteiger charge is -2.18. The van der Waals surface area contributed by atoms with Crippen LogP contribution < -0.4 is 4.74 Å². The summed E-state index contributed by atoms with van der Waals surface area (Å²) in [5, 5.41) is 20.8. The molecule has 148 valence electrons. The topological polar surface area (TPSA) is 88.4 Å². The molecule has 2 N–H and O–H groups in total. The third kappa shape index (κ3) is 3.10. The number of aromatic nitrogens is 2. The number of hydrogen-bond donors (Lipinski definition) is 2. The van der Waals surface area contributed by atoms with Gasteiger partial charge in [-0.15, -0.1) is 0 Å². The zero-order chi connectivity index (χ0) is 21.4. The van der Waals surface area contributed by atoms with Crippen LogP contribution in [0.5, 0.6) is 5.75 Å². The van der Waals surface area contributed by atoms with E-state index in [2.05, 4.69) is 34.2 Å². The highest BCUT2D eigenvalue weighted by Gasteiger charge is 2.23. The molecule has 0 atom stereocenters. The van der Waals surface area contributed by atoms with E-state index in [9.17, 15) is 10.5 Å². The van der Waals surface area contributed by atoms with Gasteiger partial charge in [-0.05, 0) is 65.2 Å². The minimum atomic E-state index is -0.101. The van der Waals surface area contributed by atoms with Gasteiger partial charge >= 0.3 is 0 Å². The Kier molecular flexibility index (Phi) is 4.43. The van der Waals surface area contributed by atoms with Gasteiger partial charge in [0.25, 0.3) is 0 Å². The Balaban J connectivity index is 1.79. The van der Waals surface area contributed by atoms with E-state index in [1.54, 1.807) is 7.11 Å². The van der Waals surface area contributed by atoms with E-state index in [0.717, 1.165) is 44.2 Å². The van der Waals surface area contributed by atoms with Gasteiger partial charge < -0.3 is 14.7 Å². The van der Waals surface area contributed by atoms with Gasteiger partial charge in [-0.2, -0.15) is 10.5 Å². The van der Waals surface area contributed by atoms with Gasteiger partial charge in [0.05, 0.1) is 30.4 Å². The first-order chi connectivity index (χ1) is 15.2. The highest BCUT2D eigenvalue weighted by Crippen LogP contribution is 2.40. The van der Waals surface area contributed by atoms with Crippen molar-refractivity contribution in [1.29, 1.82) is 10.5 Å². The molecule has 31 heavy (non-hydrogen) atoms. The quantitative estimate of drug-likeness (QED) is 0.411. The van der Waals surface area contributed by atoms with Gasteiger partial charge in [0, 0.05) is 40.1 Å². The van der Waals surface area contributed by atoms with Crippen LogP contribution in [0, 0.1) is 22.7 Å². The number of rotatable bonds is 4. The predicted octanol–water partition coefficient (Wildman–Crippen LogP) is 5.58. The van der Waals surface area contributed by atoms with Crippen molar-refractivity contribution in [2.24, 2.45) is 0 Å². The first-order valence-electron chi connectivity index (χ1n) is 9.88. The molecular weight excluding hydrogens is 384 g/mol. The van der Waals surface area contributed by atoms with Crippen LogP contribution in [0.3, 0.4) is 0 Å². The Labute approximate surface area is 179 Å². The summed E-state index contributed by atoms with van der Waals surface area (Å²) in [5.41, 5.74) is 6.42. The van der Waals surface area contributed by atoms with Crippen molar-refractivity contribution >= 4 is 21.8 Å². The van der Waals surface area contributed by atoms with E-state index < -0.39 is 0 Å². The highest BCUT2D eigenvalue weighted by molar-refractivity contribution is 5.90. The number of nitriles is 2. The third-order valence-electron chi connectivity index (χ3n) is 5.76. The number of H-pyrrole nitrogens is 2. The molecule has 0 amide bonds. The Morgan fingerprint density at radius 1 is 0.742 bits per heavy atom. The summed E-state index contributed by atoms with van der Waals surface area (Å²) in [4.78, 5) is 6.70. The van der Waals surface area contributed by atoms with Crippen LogP contribution in [0.15, 0.2) is 73.1 Å². The van der Waals surface area contributed by atoms with Crippen LogP contribution in [0.1, 0.15) is 33.7 Å². The van der Waals surface area contributed by atoms with Crippen LogP contribution in [0.4, 0.5) is 0 Å². The monoisotopic (exact) mass is 402 g/mol. The second kappa shape index (κ2) is 7.40. The smallest absolute Gasteiger partial charge is 0.118 e. The summed E-state index contributed by atoms with van der Waals surface area (Å²) in [5.74, 6) is 0.690. The second-order valence-electron chi connectivity index (χ2n) is 7.44. The summed E-state index contributed by atoms with van der Waals surface area (Å²) in [6.07, 6.45) is 4.02. The van der Waals surface area contributed by atoms with Gasteiger partial charge in [-0.3, -0.25) is 0 Å². The van der Waals surface area contributed by atoms with Crippen molar-refractivity contribution in [2.75, 3.05) is 7.11 Å². The van der Waals surface area contributed by atoms with Crippen molar-refractivity contribution in [3.05, 3.63) is 101 Å². The Bertz CT molecular complexity index is 1400. The SMILES string of the molecule is COc1ccc(C(c2c[nH]c3ccc(C#N)cc23)c2c[nH]c3ccc(C#N)cc23)cc1. The number of nitrogens with zero attached hydrogens (tertiary/aromatic N) is 2. The van der Waals surface area contributed by atoms with Crippen molar-refractivity contribution < 1.29 is 4.74 Å². The lowest BCUT2D eigenvalue weighted by Crippen LogP contribution is -2.02. The van der Waals surface area contributed by atoms with Crippen molar-refractivity contribution in [1.82, 2.24) is 9.97 Å². The summed E-state index contributed by atoms with van der Waals surface area (Å²) in [7, 11) is 1.65. The van der Waals surface area contributed by atoms with Crippen LogP contribution in [0.25, 0.3) is 21.8 Å². The number of benzene rings is 3. The molecule has 0 radical (unpaired) electrons. The molecule has 0 aliphatic carbocycles. The van der Waals surface area contributed by atoms with Crippen molar-refractivity contribution in [3.63, 3.8) is 0 Å². The molecule has 5 heteroatoms. The van der Waals surface area contributed by atoms with Gasteiger partial charge in [0.15, 0.2) is 0 Å². The molecule has 2 heterocycles. The molecule has 3 aromatic carbocycles. The maximum atomic E-state index is 9.41. The minimum Gasteiger partial charge on any atom is -0.497 e. The number of aromatic amines is 2. The van der Waals surface area contributed by atoms with Gasteiger partial charge in [0.1, 0.15) is 5.75 Å². The molecule has 0 fully saturated rings. The molecule has 0 spiro atoms. The first-order valence-corrected chi connectivity index (χ1v) is 9.88. The van der Waals surface area contributed by atoms with Gasteiger partial charge in [0.2, 0.25) is 0 Å². The Morgan fingerprint density at radius 3 is 1.71 bits per heavy atom. The standard InChI is InChI=1S/C26H18N4O/c1-31-19-6-4-18(5-7-19)26(22-14-29-24-8-2-16(12-27)10-20(22)24)23-15-30-25-9-3-17(13-28)11-21(23)25/h2-11,14-15,26,29-30H,1H3. The van der Waals surface area contributed by atoms with Gasteiger partial charge in [-0.1, -0.05) is 12.1 Å². The normalized spacial score (nSPS) is 11.0. The van der Waals surface area contributed by atoms with Gasteiger partial charge in [-0.25, -0.2) is 0 Å². The average Bonchev–Trinajstić information content (AvgIpc) is 3.43. The Morgan fingerprint density at radius 2 is 1.26 bits per heavy atom. The molecular formula is C26H18N4O. The molecule has 0 aliphatic heterocycles. The number of ether oxygens (including phenoxy) is 1. The van der Waals surface area contributed by atoms with E-state index in [1.807, 2.05) is 60.9 Å². The summed E-state index contributed by atoms with van der Waals surface area (Å²) in [6.45, 7) is 0. The van der Waals surface area contributed by atoms with Crippen LogP contribution >= 0.6 is 0 Å². The average molecular weight is 402 g/mol. The molecule has 0 saturated carbocycles. The lowest BCUT2D eigenvalue weighted by molar-refractivity contribution is 0.414. The third-order valence-corrected chi connectivity index (χ3v) is 5.76. The summed E-state index contributed by atoms with van der Waals surface area (Å²) in [6, 6.07) is 23.8. The van der Waals surface area contributed by atoms with E-state index in [1.165, 1.54) is 0 Å². The molecule has 0 unspecified atom stereocenters. The fourth-order valence-corrected chi connectivity index (χ4v) is 4.22. The maximum Gasteiger partial charge on any atom is 0.118 e. The predicted molar refractivity (Wildman–Crippen MR) is 120 cm³/mol. The molecule has 0 aliphatic rings. The first kappa shape index (κ1) is 18.5. The van der Waals surface area contributed by atoms with E-state index in [-0.39, 0.29) is 5.92 Å². The Hall–Kier alpha value is -4.48. The highest BCUT2D eigenvalue weighted by atomic mass is 16.5. The maximum absolute atomic E-state index is 9.41. The fourth-order valence-electron chi connectivity index (χ4n) is 4.22. The lowest BCUT2D eigenvalue weighted by atomic mass is 9.84. The van der Waals surface area contributed by atoms with E-state index >= 15 is 0 Å². The van der Waals surface area contributed by atoms with Crippen molar-refractivity contribution in [2.45, 2.75) is 5.92 Å². The molecule has 5 rings (SSSR count). The van der Waals surface area contributed by atoms with E-state index in [0.29, 0.717) is 11.1 Å². The number of methoxy groups -OCH3 is 1. The van der Waals surface area contributed by atoms with Crippen molar-refractivity contribution in [3.8, 4) is 17.9 Å². The van der Waals surface area contributed by atoms with Crippen LogP contribution in [-0.4, -0.2) is 17.1 Å². The number of nitrogens with one attached hydrogen (secondary N) is 2. The van der Waals surface area contributed by atoms with E-state index in [4.69, 9.17) is 4.74 Å². The second-order valence-corrected chi connectivity index (χ2v) is 7.44. The fraction of sp³-hybridized carbons (Fsp3) is 0.0769. The molecule has 0 bridgehead atoms. The molecule has 5 aromatic rings. The number of hydrogen-bond acceptors (Lipinski definition) is 3.